The van der Waals surface area contributed by atoms with Crippen molar-refractivity contribution in [1.82, 2.24) is 14.5 Å². The fourth-order valence-electron chi connectivity index (χ4n) is 9.57. The first-order chi connectivity index (χ1) is 28.3. The lowest BCUT2D eigenvalue weighted by Crippen LogP contribution is -2.73. The van der Waals surface area contributed by atoms with E-state index in [1.807, 2.05) is 11.3 Å². The fraction of sp³-hybridized carbons (Fsp3) is 0. The van der Waals surface area contributed by atoms with Gasteiger partial charge in [0.1, 0.15) is 0 Å². The molecule has 3 nitrogen and oxygen atoms in total. The summed E-state index contributed by atoms with van der Waals surface area (Å²) in [6.45, 7) is 0. The maximum Gasteiger partial charge on any atom is 0.185 e. The number of hydrogen-bond acceptors (Lipinski definition) is 3. The van der Waals surface area contributed by atoms with Gasteiger partial charge in [0.2, 0.25) is 0 Å². The average molecular weight is 760 g/mol. The normalized spacial score (nSPS) is 13.1. The van der Waals surface area contributed by atoms with Gasteiger partial charge >= 0.3 is 0 Å². The molecule has 0 unspecified atom stereocenters. The van der Waals surface area contributed by atoms with Gasteiger partial charge < -0.3 is 4.57 Å². The van der Waals surface area contributed by atoms with Crippen LogP contribution in [0.4, 0.5) is 0 Å². The molecule has 0 aliphatic carbocycles. The van der Waals surface area contributed by atoms with E-state index in [2.05, 4.69) is 205 Å². The Morgan fingerprint density at radius 3 is 1.79 bits per heavy atom. The predicted molar refractivity (Wildman–Crippen MR) is 243 cm³/mol. The van der Waals surface area contributed by atoms with Crippen LogP contribution >= 0.6 is 11.3 Å². The van der Waals surface area contributed by atoms with Crippen LogP contribution in [0.3, 0.4) is 0 Å². The number of hydrogen-bond donors (Lipinski definition) is 0. The third-order valence-electron chi connectivity index (χ3n) is 11.9. The Morgan fingerprint density at radius 2 is 1.02 bits per heavy atom. The van der Waals surface area contributed by atoms with Crippen LogP contribution in [0.15, 0.2) is 200 Å². The molecule has 3 aromatic heterocycles. The molecular formula is C52H33N3SSi. The molecule has 266 valence electrons. The Morgan fingerprint density at radius 1 is 0.439 bits per heavy atom. The molecule has 0 saturated carbocycles. The quantitative estimate of drug-likeness (QED) is 0.164. The van der Waals surface area contributed by atoms with Crippen molar-refractivity contribution in [2.45, 2.75) is 0 Å². The van der Waals surface area contributed by atoms with Gasteiger partial charge in [-0.2, -0.15) is 0 Å². The van der Waals surface area contributed by atoms with E-state index >= 15 is 0 Å². The van der Waals surface area contributed by atoms with E-state index in [4.69, 9.17) is 9.97 Å². The van der Waals surface area contributed by atoms with Gasteiger partial charge in [-0.05, 0) is 39.8 Å². The van der Waals surface area contributed by atoms with Gasteiger partial charge in [0, 0.05) is 48.1 Å². The number of para-hydroxylation sites is 2. The highest BCUT2D eigenvalue weighted by atomic mass is 32.1. The Bertz CT molecular complexity index is 3310. The highest BCUT2D eigenvalue weighted by Gasteiger charge is 2.51. The minimum absolute atomic E-state index is 0.721. The smallest absolute Gasteiger partial charge is 0.185 e. The minimum Gasteiger partial charge on any atom is -0.307 e. The summed E-state index contributed by atoms with van der Waals surface area (Å²) < 4.78 is 5.05. The molecule has 0 spiro atoms. The lowest BCUT2D eigenvalue weighted by Gasteiger charge is -2.32. The van der Waals surface area contributed by atoms with Crippen LogP contribution < -0.4 is 20.7 Å². The first-order valence-electron chi connectivity index (χ1n) is 19.4. The number of benzene rings is 8. The molecule has 0 saturated heterocycles. The molecule has 12 rings (SSSR count). The van der Waals surface area contributed by atoms with E-state index in [0.29, 0.717) is 0 Å². The van der Waals surface area contributed by atoms with Crippen LogP contribution in [0.2, 0.25) is 0 Å². The second-order valence-corrected chi connectivity index (χ2v) is 19.6. The first kappa shape index (κ1) is 32.3. The zero-order chi connectivity index (χ0) is 37.5. The van der Waals surface area contributed by atoms with Crippen LogP contribution in [0.1, 0.15) is 0 Å². The van der Waals surface area contributed by atoms with Gasteiger partial charge in [-0.25, -0.2) is 9.97 Å². The Hall–Kier alpha value is -6.92. The van der Waals surface area contributed by atoms with E-state index < -0.39 is 8.07 Å². The van der Waals surface area contributed by atoms with Crippen molar-refractivity contribution in [3.8, 4) is 39.6 Å². The van der Waals surface area contributed by atoms with E-state index in [0.717, 1.165) is 34.0 Å². The molecule has 0 N–H and O–H groups in total. The lowest BCUT2D eigenvalue weighted by molar-refractivity contribution is 1.15. The molecule has 1 aliphatic rings. The van der Waals surface area contributed by atoms with Crippen molar-refractivity contribution in [3.63, 3.8) is 0 Å². The zero-order valence-corrected chi connectivity index (χ0v) is 32.6. The van der Waals surface area contributed by atoms with Gasteiger partial charge in [0.15, 0.2) is 13.9 Å². The van der Waals surface area contributed by atoms with Gasteiger partial charge in [-0.15, -0.1) is 11.3 Å². The number of rotatable bonds is 5. The number of thiophene rings is 1. The van der Waals surface area contributed by atoms with Crippen molar-refractivity contribution in [1.29, 1.82) is 0 Å². The monoisotopic (exact) mass is 759 g/mol. The summed E-state index contributed by atoms with van der Waals surface area (Å²) in [6, 6.07) is 72.9. The number of aromatic nitrogens is 3. The average Bonchev–Trinajstić information content (AvgIpc) is 3.94. The second-order valence-electron chi connectivity index (χ2n) is 14.8. The fourth-order valence-corrected chi connectivity index (χ4v) is 16.0. The highest BCUT2D eigenvalue weighted by molar-refractivity contribution is 7.26. The first-order valence-corrected chi connectivity index (χ1v) is 22.2. The van der Waals surface area contributed by atoms with E-state index in [1.165, 1.54) is 68.3 Å². The summed E-state index contributed by atoms with van der Waals surface area (Å²) in [6.07, 6.45) is 0. The largest absolute Gasteiger partial charge is 0.307 e. The molecule has 1 aliphatic heterocycles. The van der Waals surface area contributed by atoms with Crippen molar-refractivity contribution in [2.75, 3.05) is 0 Å². The molecule has 0 fully saturated rings. The summed E-state index contributed by atoms with van der Waals surface area (Å²) in [5.41, 5.74) is 8.75. The van der Waals surface area contributed by atoms with Crippen LogP contribution in [-0.2, 0) is 0 Å². The van der Waals surface area contributed by atoms with Crippen molar-refractivity contribution in [2.24, 2.45) is 0 Å². The second kappa shape index (κ2) is 12.5. The third kappa shape index (κ3) is 4.58. The van der Waals surface area contributed by atoms with Gasteiger partial charge in [-0.3, -0.25) is 0 Å². The molecule has 5 heteroatoms. The Labute approximate surface area is 334 Å². The molecule has 0 bridgehead atoms. The third-order valence-corrected chi connectivity index (χ3v) is 18.0. The molecule has 4 heterocycles. The number of fused-ring (bicyclic) bond motifs is 10. The van der Waals surface area contributed by atoms with E-state index in [1.54, 1.807) is 0 Å². The van der Waals surface area contributed by atoms with Crippen LogP contribution in [0.25, 0.3) is 81.6 Å². The molecule has 0 atom stereocenters. The summed E-state index contributed by atoms with van der Waals surface area (Å²) in [7, 11) is -2.89. The van der Waals surface area contributed by atoms with Crippen LogP contribution in [0, 0.1) is 0 Å². The molecule has 0 radical (unpaired) electrons. The molecule has 11 aromatic rings. The lowest BCUT2D eigenvalue weighted by atomic mass is 10.1. The van der Waals surface area contributed by atoms with Gasteiger partial charge in [0.25, 0.3) is 0 Å². The van der Waals surface area contributed by atoms with Crippen molar-refractivity contribution < 1.29 is 0 Å². The van der Waals surface area contributed by atoms with Crippen LogP contribution in [-0.4, -0.2) is 22.6 Å². The van der Waals surface area contributed by atoms with Gasteiger partial charge in [0.05, 0.1) is 32.8 Å². The summed E-state index contributed by atoms with van der Waals surface area (Å²) in [5.74, 6) is 0.721. The van der Waals surface area contributed by atoms with Crippen molar-refractivity contribution >= 4 is 82.1 Å². The topological polar surface area (TPSA) is 30.7 Å². The van der Waals surface area contributed by atoms with Crippen LogP contribution in [0.5, 0.6) is 0 Å². The SMILES string of the molecule is c1ccc(-c2nc(-c3ccccc3-n3c4ccccc4c4ccc5c6ccccc6sc5c43)nc3c2[Si](c2ccccc2)(c2ccccc2)c2ccccc2-3)cc1. The maximum atomic E-state index is 5.75. The summed E-state index contributed by atoms with van der Waals surface area (Å²) in [4.78, 5) is 11.5. The maximum absolute atomic E-state index is 5.75. The summed E-state index contributed by atoms with van der Waals surface area (Å²) >= 11 is 1.87. The Kier molecular flexibility index (Phi) is 7.12. The molecule has 57 heavy (non-hydrogen) atoms. The van der Waals surface area contributed by atoms with Gasteiger partial charge in [-0.1, -0.05) is 176 Å². The Balaban J connectivity index is 1.21. The van der Waals surface area contributed by atoms with Crippen molar-refractivity contribution in [3.05, 3.63) is 200 Å². The minimum atomic E-state index is -2.89. The van der Waals surface area contributed by atoms with E-state index in [-0.39, 0.29) is 0 Å². The highest BCUT2D eigenvalue weighted by Crippen LogP contribution is 2.44. The standard InChI is InChI=1S/C52H33N3SSi/c1-4-18-34(19-5-1)47-51-48(42-27-13-17-31-46(42)57(51,35-20-6-2-7-21-35)36-22-8-3-9-23-36)54-52(53-47)41-26-11-15-29-44(41)55-43-28-14-10-24-37(43)39-32-33-40-38-25-12-16-30-45(38)56-50(40)49(39)55/h1-33H. The molecular weight excluding hydrogens is 727 g/mol. The predicted octanol–water partition coefficient (Wildman–Crippen LogP) is 10.6. The van der Waals surface area contributed by atoms with E-state index in [9.17, 15) is 0 Å². The molecule has 8 aromatic carbocycles. The zero-order valence-electron chi connectivity index (χ0n) is 30.8. The number of nitrogens with zero attached hydrogens (tertiary/aromatic N) is 3. The summed E-state index contributed by atoms with van der Waals surface area (Å²) in [5, 5.41) is 10.3. The molecule has 0 amide bonds.